The minimum Gasteiger partial charge on any atom is -0.359 e. The number of hydrogen-bond donors (Lipinski definition) is 2. The van der Waals surface area contributed by atoms with Crippen molar-refractivity contribution >= 4 is 5.91 Å². The van der Waals surface area contributed by atoms with Gasteiger partial charge in [0.25, 0.3) is 0 Å². The Morgan fingerprint density at radius 1 is 1.17 bits per heavy atom. The van der Waals surface area contributed by atoms with Gasteiger partial charge in [-0.05, 0) is 16.5 Å². The van der Waals surface area contributed by atoms with E-state index in [1.807, 2.05) is 0 Å². The quantitative estimate of drug-likeness (QED) is 0.784. The highest BCUT2D eigenvalue weighted by Crippen LogP contribution is 2.21. The van der Waals surface area contributed by atoms with Crippen LogP contribution in [0.4, 0.5) is 0 Å². The number of amides is 1. The summed E-state index contributed by atoms with van der Waals surface area (Å²) in [5.74, 6) is 0.0746. The summed E-state index contributed by atoms with van der Waals surface area (Å²) in [5.41, 5.74) is 2.79. The molecule has 0 atom stereocenters. The van der Waals surface area contributed by atoms with Gasteiger partial charge in [0.2, 0.25) is 5.91 Å². The summed E-state index contributed by atoms with van der Waals surface area (Å²) >= 11 is 0. The van der Waals surface area contributed by atoms with Crippen molar-refractivity contribution in [3.8, 4) is 0 Å². The average molecular weight is 248 g/mol. The zero-order valence-corrected chi connectivity index (χ0v) is 11.8. The molecule has 3 nitrogen and oxygen atoms in total. The van der Waals surface area contributed by atoms with Crippen molar-refractivity contribution in [2.75, 3.05) is 13.6 Å². The molecule has 0 unspecified atom stereocenters. The third kappa shape index (κ3) is 4.88. The molecule has 3 heteroatoms. The highest BCUT2D eigenvalue weighted by atomic mass is 16.1. The molecule has 1 rings (SSSR count). The van der Waals surface area contributed by atoms with E-state index in [1.165, 1.54) is 11.1 Å². The molecule has 0 bridgehead atoms. The number of nitrogens with one attached hydrogen (secondary N) is 2. The molecule has 0 aromatic heterocycles. The first-order valence-electron chi connectivity index (χ1n) is 6.44. The zero-order chi connectivity index (χ0) is 13.6. The Bertz CT molecular complexity index is 376. The lowest BCUT2D eigenvalue weighted by atomic mass is 9.87. The van der Waals surface area contributed by atoms with Crippen LogP contribution in [0.2, 0.25) is 0 Å². The normalized spacial score (nSPS) is 11.3. The van der Waals surface area contributed by atoms with Crippen LogP contribution in [0.3, 0.4) is 0 Å². The second-order valence-corrected chi connectivity index (χ2v) is 5.55. The molecule has 0 radical (unpaired) electrons. The minimum atomic E-state index is 0.0746. The van der Waals surface area contributed by atoms with Gasteiger partial charge >= 0.3 is 0 Å². The van der Waals surface area contributed by atoms with Crippen LogP contribution >= 0.6 is 0 Å². The Balaban J connectivity index is 2.38. The summed E-state index contributed by atoms with van der Waals surface area (Å²) in [4.78, 5) is 11.0. The van der Waals surface area contributed by atoms with E-state index in [0.717, 1.165) is 6.54 Å². The maximum absolute atomic E-state index is 11.0. The summed E-state index contributed by atoms with van der Waals surface area (Å²) in [6.45, 7) is 8.15. The van der Waals surface area contributed by atoms with E-state index in [-0.39, 0.29) is 11.3 Å². The third-order valence-electron chi connectivity index (χ3n) is 2.96. The van der Waals surface area contributed by atoms with Crippen molar-refractivity contribution in [3.63, 3.8) is 0 Å². The van der Waals surface area contributed by atoms with E-state index in [1.54, 1.807) is 7.05 Å². The van der Waals surface area contributed by atoms with Crippen LogP contribution in [-0.4, -0.2) is 19.5 Å². The van der Waals surface area contributed by atoms with E-state index >= 15 is 0 Å². The maximum atomic E-state index is 11.0. The van der Waals surface area contributed by atoms with Gasteiger partial charge in [-0.25, -0.2) is 0 Å². The van der Waals surface area contributed by atoms with Crippen LogP contribution in [0.25, 0.3) is 0 Å². The predicted octanol–water partition coefficient (Wildman–Crippen LogP) is 2.21. The molecule has 0 saturated heterocycles. The number of carbonyl (C=O) groups excluding carboxylic acids is 1. The number of carbonyl (C=O) groups is 1. The van der Waals surface area contributed by atoms with Crippen molar-refractivity contribution in [1.82, 2.24) is 10.6 Å². The van der Waals surface area contributed by atoms with Gasteiger partial charge in [-0.3, -0.25) is 4.79 Å². The van der Waals surface area contributed by atoms with Crippen molar-refractivity contribution < 1.29 is 4.79 Å². The van der Waals surface area contributed by atoms with E-state index in [9.17, 15) is 4.79 Å². The van der Waals surface area contributed by atoms with Gasteiger partial charge in [0.05, 0.1) is 0 Å². The highest BCUT2D eigenvalue weighted by Gasteiger charge is 2.12. The summed E-state index contributed by atoms with van der Waals surface area (Å²) < 4.78 is 0. The first-order chi connectivity index (χ1) is 8.43. The number of benzene rings is 1. The molecule has 0 spiro atoms. The molecular weight excluding hydrogens is 224 g/mol. The maximum Gasteiger partial charge on any atom is 0.221 e. The van der Waals surface area contributed by atoms with Gasteiger partial charge in [-0.1, -0.05) is 45.0 Å². The topological polar surface area (TPSA) is 41.1 Å². The van der Waals surface area contributed by atoms with Crippen LogP contribution in [0, 0.1) is 0 Å². The van der Waals surface area contributed by atoms with Crippen molar-refractivity contribution in [2.24, 2.45) is 0 Å². The highest BCUT2D eigenvalue weighted by molar-refractivity contribution is 5.75. The first-order valence-corrected chi connectivity index (χ1v) is 6.44. The Morgan fingerprint density at radius 3 is 2.28 bits per heavy atom. The average Bonchev–Trinajstić information content (AvgIpc) is 2.33. The summed E-state index contributed by atoms with van der Waals surface area (Å²) in [6.07, 6.45) is 0.524. The standard InChI is InChI=1S/C15H24N2O/c1-15(2,3)13-7-5-12(6-8-13)11-17-10-9-14(18)16-4/h5-8,17H,9-11H2,1-4H3,(H,16,18). The Morgan fingerprint density at radius 2 is 1.78 bits per heavy atom. The molecular formula is C15H24N2O. The lowest BCUT2D eigenvalue weighted by Gasteiger charge is -2.19. The number of rotatable bonds is 5. The van der Waals surface area contributed by atoms with Crippen LogP contribution in [0.1, 0.15) is 38.3 Å². The van der Waals surface area contributed by atoms with Gasteiger partial charge in [-0.15, -0.1) is 0 Å². The fourth-order valence-electron chi connectivity index (χ4n) is 1.68. The third-order valence-corrected chi connectivity index (χ3v) is 2.96. The van der Waals surface area contributed by atoms with Gasteiger partial charge in [-0.2, -0.15) is 0 Å². The summed E-state index contributed by atoms with van der Waals surface area (Å²) in [6, 6.07) is 8.65. The second-order valence-electron chi connectivity index (χ2n) is 5.55. The van der Waals surface area contributed by atoms with Crippen molar-refractivity contribution in [1.29, 1.82) is 0 Å². The molecule has 2 N–H and O–H groups in total. The number of hydrogen-bond acceptors (Lipinski definition) is 2. The van der Waals surface area contributed by atoms with Gasteiger partial charge in [0.1, 0.15) is 0 Å². The summed E-state index contributed by atoms with van der Waals surface area (Å²) in [7, 11) is 1.66. The Kier molecular flexibility index (Phi) is 5.35. The molecule has 0 fully saturated rings. The smallest absolute Gasteiger partial charge is 0.221 e. The molecule has 1 aromatic carbocycles. The molecule has 0 aliphatic carbocycles. The van der Waals surface area contributed by atoms with Crippen LogP contribution < -0.4 is 10.6 Å². The molecule has 1 amide bonds. The lowest BCUT2D eigenvalue weighted by molar-refractivity contribution is -0.120. The first kappa shape index (κ1) is 14.7. The van der Waals surface area contributed by atoms with Gasteiger partial charge in [0, 0.05) is 26.6 Å². The largest absolute Gasteiger partial charge is 0.359 e. The molecule has 18 heavy (non-hydrogen) atoms. The molecule has 100 valence electrons. The van der Waals surface area contributed by atoms with Gasteiger partial charge in [0.15, 0.2) is 0 Å². The molecule has 1 aromatic rings. The van der Waals surface area contributed by atoms with Crippen LogP contribution in [0.5, 0.6) is 0 Å². The van der Waals surface area contributed by atoms with Gasteiger partial charge < -0.3 is 10.6 Å². The van der Waals surface area contributed by atoms with Crippen LogP contribution in [-0.2, 0) is 16.8 Å². The van der Waals surface area contributed by atoms with E-state index in [2.05, 4.69) is 55.7 Å². The van der Waals surface area contributed by atoms with E-state index in [0.29, 0.717) is 13.0 Å². The molecule has 0 aliphatic heterocycles. The Labute approximate surface area is 110 Å². The van der Waals surface area contributed by atoms with Crippen molar-refractivity contribution in [3.05, 3.63) is 35.4 Å². The molecule has 0 heterocycles. The molecule has 0 aliphatic rings. The second kappa shape index (κ2) is 6.55. The Hall–Kier alpha value is -1.35. The molecule has 0 saturated carbocycles. The zero-order valence-electron chi connectivity index (χ0n) is 11.8. The predicted molar refractivity (Wildman–Crippen MR) is 75.5 cm³/mol. The lowest BCUT2D eigenvalue weighted by Crippen LogP contribution is -2.24. The summed E-state index contributed by atoms with van der Waals surface area (Å²) in [5, 5.41) is 5.87. The minimum absolute atomic E-state index is 0.0746. The fraction of sp³-hybridized carbons (Fsp3) is 0.533. The van der Waals surface area contributed by atoms with E-state index < -0.39 is 0 Å². The van der Waals surface area contributed by atoms with Crippen LogP contribution in [0.15, 0.2) is 24.3 Å². The van der Waals surface area contributed by atoms with Crippen molar-refractivity contribution in [2.45, 2.75) is 39.2 Å². The SMILES string of the molecule is CNC(=O)CCNCc1ccc(C(C)(C)C)cc1. The van der Waals surface area contributed by atoms with E-state index in [4.69, 9.17) is 0 Å². The monoisotopic (exact) mass is 248 g/mol. The fourth-order valence-corrected chi connectivity index (χ4v) is 1.68.